The minimum Gasteiger partial charge on any atom is -0.444 e. The molecule has 170 valence electrons. The van der Waals surface area contributed by atoms with E-state index in [1.54, 1.807) is 13.8 Å². The first-order chi connectivity index (χ1) is 15.2. The van der Waals surface area contributed by atoms with Gasteiger partial charge >= 0.3 is 0 Å². The van der Waals surface area contributed by atoms with Gasteiger partial charge < -0.3 is 9.32 Å². The predicted molar refractivity (Wildman–Crippen MR) is 122 cm³/mol. The Morgan fingerprint density at radius 1 is 1.16 bits per heavy atom. The average Bonchev–Trinajstić information content (AvgIpc) is 3.07. The SMILES string of the molecule is Cc1cc(N2CCN(CC(=O)Nc3oc(C)c4c(C)n[nH]c(=O)c34)CC2)nc(C(C)C)n1. The summed E-state index contributed by atoms with van der Waals surface area (Å²) in [6.45, 7) is 12.9. The van der Waals surface area contributed by atoms with Crippen LogP contribution in [0.25, 0.3) is 10.8 Å². The van der Waals surface area contributed by atoms with Crippen molar-refractivity contribution in [2.45, 2.75) is 40.5 Å². The summed E-state index contributed by atoms with van der Waals surface area (Å²) in [5.41, 5.74) is 1.23. The number of aromatic amines is 1. The summed E-state index contributed by atoms with van der Waals surface area (Å²) in [6.07, 6.45) is 0. The summed E-state index contributed by atoms with van der Waals surface area (Å²) in [4.78, 5) is 38.5. The number of piperazine rings is 1. The molecule has 4 rings (SSSR count). The maximum Gasteiger partial charge on any atom is 0.277 e. The molecule has 1 saturated heterocycles. The van der Waals surface area contributed by atoms with Gasteiger partial charge in [-0.15, -0.1) is 0 Å². The lowest BCUT2D eigenvalue weighted by Gasteiger charge is -2.35. The lowest BCUT2D eigenvalue weighted by Crippen LogP contribution is -2.49. The Labute approximate surface area is 186 Å². The molecule has 0 atom stereocenters. The molecule has 0 aliphatic carbocycles. The highest BCUT2D eigenvalue weighted by molar-refractivity contribution is 6.01. The number of nitrogens with zero attached hydrogens (tertiary/aromatic N) is 5. The van der Waals surface area contributed by atoms with Crippen LogP contribution in [0.3, 0.4) is 0 Å². The number of H-pyrrole nitrogens is 1. The molecule has 10 nitrogen and oxygen atoms in total. The van der Waals surface area contributed by atoms with Crippen LogP contribution in [0.4, 0.5) is 11.7 Å². The van der Waals surface area contributed by atoms with Gasteiger partial charge in [0.2, 0.25) is 11.8 Å². The van der Waals surface area contributed by atoms with E-state index in [4.69, 9.17) is 9.40 Å². The van der Waals surface area contributed by atoms with E-state index >= 15 is 0 Å². The Morgan fingerprint density at radius 3 is 2.56 bits per heavy atom. The van der Waals surface area contributed by atoms with E-state index in [2.05, 4.69) is 44.1 Å². The van der Waals surface area contributed by atoms with Crippen molar-refractivity contribution < 1.29 is 9.21 Å². The van der Waals surface area contributed by atoms with Crippen LogP contribution in [0.2, 0.25) is 0 Å². The summed E-state index contributed by atoms with van der Waals surface area (Å²) in [6, 6.07) is 2.01. The number of aryl methyl sites for hydroxylation is 3. The van der Waals surface area contributed by atoms with E-state index < -0.39 is 0 Å². The zero-order chi connectivity index (χ0) is 23.0. The third-order valence-electron chi connectivity index (χ3n) is 5.69. The van der Waals surface area contributed by atoms with Gasteiger partial charge in [0.05, 0.1) is 17.6 Å². The highest BCUT2D eigenvalue weighted by Crippen LogP contribution is 2.28. The van der Waals surface area contributed by atoms with E-state index in [0.717, 1.165) is 43.5 Å². The minimum absolute atomic E-state index is 0.172. The van der Waals surface area contributed by atoms with Gasteiger partial charge in [0.25, 0.3) is 5.56 Å². The van der Waals surface area contributed by atoms with E-state index in [0.29, 0.717) is 22.2 Å². The molecular formula is C22H29N7O3. The number of nitrogens with one attached hydrogen (secondary N) is 2. The van der Waals surface area contributed by atoms with Crippen LogP contribution in [-0.4, -0.2) is 63.7 Å². The Bertz CT molecular complexity index is 1210. The molecule has 1 amide bonds. The van der Waals surface area contributed by atoms with Crippen LogP contribution in [0, 0.1) is 20.8 Å². The first-order valence-electron chi connectivity index (χ1n) is 10.8. The van der Waals surface area contributed by atoms with Crippen molar-refractivity contribution in [3.8, 4) is 0 Å². The molecule has 1 aliphatic rings. The summed E-state index contributed by atoms with van der Waals surface area (Å²) in [7, 11) is 0. The minimum atomic E-state index is -0.382. The Morgan fingerprint density at radius 2 is 1.88 bits per heavy atom. The molecule has 2 N–H and O–H groups in total. The number of anilines is 2. The molecule has 0 saturated carbocycles. The van der Waals surface area contributed by atoms with E-state index in [1.807, 2.05) is 13.0 Å². The van der Waals surface area contributed by atoms with Crippen molar-refractivity contribution in [1.82, 2.24) is 25.1 Å². The van der Waals surface area contributed by atoms with Crippen molar-refractivity contribution in [3.63, 3.8) is 0 Å². The first kappa shape index (κ1) is 21.9. The molecule has 0 unspecified atom stereocenters. The van der Waals surface area contributed by atoms with Crippen LogP contribution < -0.4 is 15.8 Å². The fourth-order valence-electron chi connectivity index (χ4n) is 4.03. The number of aromatic nitrogens is 4. The zero-order valence-corrected chi connectivity index (χ0v) is 19.2. The Hall–Kier alpha value is -3.27. The molecule has 1 aliphatic heterocycles. The molecule has 32 heavy (non-hydrogen) atoms. The van der Waals surface area contributed by atoms with Crippen LogP contribution in [0.15, 0.2) is 15.3 Å². The largest absolute Gasteiger partial charge is 0.444 e. The number of rotatable bonds is 5. The average molecular weight is 440 g/mol. The maximum atomic E-state index is 12.7. The predicted octanol–water partition coefficient (Wildman–Crippen LogP) is 2.12. The molecular weight excluding hydrogens is 410 g/mol. The van der Waals surface area contributed by atoms with Crippen LogP contribution in [-0.2, 0) is 4.79 Å². The number of fused-ring (bicyclic) bond motifs is 1. The summed E-state index contributed by atoms with van der Waals surface area (Å²) >= 11 is 0. The Kier molecular flexibility index (Phi) is 5.96. The lowest BCUT2D eigenvalue weighted by atomic mass is 10.2. The quantitative estimate of drug-likeness (QED) is 0.620. The monoisotopic (exact) mass is 439 g/mol. The summed E-state index contributed by atoms with van der Waals surface area (Å²) < 4.78 is 5.67. The van der Waals surface area contributed by atoms with Gasteiger partial charge in [-0.2, -0.15) is 5.10 Å². The molecule has 0 spiro atoms. The van der Waals surface area contributed by atoms with E-state index in [9.17, 15) is 9.59 Å². The van der Waals surface area contributed by atoms with Gasteiger partial charge in [0, 0.05) is 43.9 Å². The molecule has 0 bridgehead atoms. The number of hydrogen-bond donors (Lipinski definition) is 2. The smallest absolute Gasteiger partial charge is 0.277 e. The number of carbonyl (C=O) groups is 1. The first-order valence-corrected chi connectivity index (χ1v) is 10.8. The second kappa shape index (κ2) is 8.70. The van der Waals surface area contributed by atoms with Crippen molar-refractivity contribution in [3.05, 3.63) is 39.4 Å². The van der Waals surface area contributed by atoms with Gasteiger partial charge in [0.15, 0.2) is 0 Å². The fourth-order valence-corrected chi connectivity index (χ4v) is 4.03. The molecule has 4 heterocycles. The van der Waals surface area contributed by atoms with Gasteiger partial charge in [-0.05, 0) is 20.8 Å². The lowest BCUT2D eigenvalue weighted by molar-refractivity contribution is -0.117. The number of hydrogen-bond acceptors (Lipinski definition) is 8. The van der Waals surface area contributed by atoms with Crippen LogP contribution in [0.5, 0.6) is 0 Å². The van der Waals surface area contributed by atoms with Crippen molar-refractivity contribution >= 4 is 28.4 Å². The fraction of sp³-hybridized carbons (Fsp3) is 0.500. The number of furan rings is 1. The second-order valence-corrected chi connectivity index (χ2v) is 8.57. The molecule has 3 aromatic rings. The highest BCUT2D eigenvalue weighted by Gasteiger charge is 2.23. The molecule has 3 aromatic heterocycles. The van der Waals surface area contributed by atoms with Gasteiger partial charge in [0.1, 0.15) is 22.8 Å². The third kappa shape index (κ3) is 4.36. The Balaban J connectivity index is 1.39. The van der Waals surface area contributed by atoms with E-state index in [1.165, 1.54) is 0 Å². The topological polar surface area (TPSA) is 120 Å². The summed E-state index contributed by atoms with van der Waals surface area (Å²) in [5, 5.41) is 10.1. The van der Waals surface area contributed by atoms with E-state index in [-0.39, 0.29) is 29.8 Å². The number of amides is 1. The van der Waals surface area contributed by atoms with Gasteiger partial charge in [-0.3, -0.25) is 19.8 Å². The molecule has 1 fully saturated rings. The van der Waals surface area contributed by atoms with Gasteiger partial charge in [-0.1, -0.05) is 13.8 Å². The van der Waals surface area contributed by atoms with Crippen LogP contribution >= 0.6 is 0 Å². The van der Waals surface area contributed by atoms with Crippen molar-refractivity contribution in [2.75, 3.05) is 42.9 Å². The summed E-state index contributed by atoms with van der Waals surface area (Å²) in [5.74, 6) is 2.57. The highest BCUT2D eigenvalue weighted by atomic mass is 16.4. The van der Waals surface area contributed by atoms with Crippen molar-refractivity contribution in [2.24, 2.45) is 0 Å². The normalized spacial score (nSPS) is 15.0. The zero-order valence-electron chi connectivity index (χ0n) is 19.2. The van der Waals surface area contributed by atoms with Crippen molar-refractivity contribution in [1.29, 1.82) is 0 Å². The third-order valence-corrected chi connectivity index (χ3v) is 5.69. The number of carbonyl (C=O) groups excluding carboxylic acids is 1. The molecule has 10 heteroatoms. The van der Waals surface area contributed by atoms with Crippen LogP contribution in [0.1, 0.15) is 42.7 Å². The molecule has 0 aromatic carbocycles. The molecule has 0 radical (unpaired) electrons. The van der Waals surface area contributed by atoms with Gasteiger partial charge in [-0.25, -0.2) is 15.1 Å². The standard InChI is InChI=1S/C22H29N7O3/c1-12(2)20-23-13(3)10-16(24-20)29-8-6-28(7-9-29)11-17(30)25-22-19-18(15(5)32-22)14(4)26-27-21(19)31/h10,12H,6-9,11H2,1-5H3,(H,25,30)(H,27,31). The maximum absolute atomic E-state index is 12.7. The second-order valence-electron chi connectivity index (χ2n) is 8.57.